The molecule has 0 spiro atoms. The van der Waals surface area contributed by atoms with Crippen LogP contribution in [-0.4, -0.2) is 37.1 Å². The fourth-order valence-corrected chi connectivity index (χ4v) is 3.83. The molecule has 0 fully saturated rings. The molecule has 0 bridgehead atoms. The first-order chi connectivity index (χ1) is 17.5. The largest absolute Gasteiger partial charge is 0.497 e. The highest BCUT2D eigenvalue weighted by molar-refractivity contribution is 6.07. The minimum absolute atomic E-state index is 0.0676. The van der Waals surface area contributed by atoms with Gasteiger partial charge in [-0.15, -0.1) is 0 Å². The van der Waals surface area contributed by atoms with Crippen molar-refractivity contribution in [1.29, 1.82) is 0 Å². The first-order valence-electron chi connectivity index (χ1n) is 11.4. The zero-order chi connectivity index (χ0) is 25.5. The zero-order valence-corrected chi connectivity index (χ0v) is 19.9. The van der Waals surface area contributed by atoms with Gasteiger partial charge in [-0.3, -0.25) is 25.2 Å². The van der Waals surface area contributed by atoms with Gasteiger partial charge in [0.25, 0.3) is 11.8 Å². The number of hydrazone groups is 1. The van der Waals surface area contributed by atoms with Gasteiger partial charge < -0.3 is 13.9 Å². The highest BCUT2D eigenvalue weighted by Gasteiger charge is 2.28. The number of furan rings is 1. The molecule has 0 aliphatic heterocycles. The van der Waals surface area contributed by atoms with Gasteiger partial charge in [0.2, 0.25) is 0 Å². The van der Waals surface area contributed by atoms with E-state index >= 15 is 0 Å². The Bertz CT molecular complexity index is 1300. The van der Waals surface area contributed by atoms with Crippen LogP contribution in [0.5, 0.6) is 11.5 Å². The van der Waals surface area contributed by atoms with Crippen LogP contribution in [0, 0.1) is 6.92 Å². The van der Waals surface area contributed by atoms with Gasteiger partial charge in [0.15, 0.2) is 12.4 Å². The van der Waals surface area contributed by atoms with Crippen molar-refractivity contribution >= 4 is 23.4 Å². The molecular formula is C26H26N4O6. The summed E-state index contributed by atoms with van der Waals surface area (Å²) < 4.78 is 16.3. The number of aryl methyl sites for hydroxylation is 1. The van der Waals surface area contributed by atoms with Crippen LogP contribution in [0.4, 0.5) is 0 Å². The number of benzene rings is 2. The van der Waals surface area contributed by atoms with Gasteiger partial charge >= 0.3 is 5.91 Å². The van der Waals surface area contributed by atoms with Crippen LogP contribution >= 0.6 is 0 Å². The van der Waals surface area contributed by atoms with E-state index in [9.17, 15) is 14.4 Å². The van der Waals surface area contributed by atoms with Gasteiger partial charge in [-0.1, -0.05) is 24.3 Å². The molecule has 1 heterocycles. The van der Waals surface area contributed by atoms with Crippen LogP contribution in [0.2, 0.25) is 0 Å². The average molecular weight is 491 g/mol. The van der Waals surface area contributed by atoms with Gasteiger partial charge in [0, 0.05) is 23.1 Å². The molecule has 0 saturated carbocycles. The van der Waals surface area contributed by atoms with Gasteiger partial charge in [-0.25, -0.2) is 5.43 Å². The third kappa shape index (κ3) is 5.72. The molecule has 0 saturated heterocycles. The number of fused-ring (bicyclic) bond motifs is 1. The number of nitrogens with one attached hydrogen (secondary N) is 3. The maximum Gasteiger partial charge on any atom is 0.305 e. The van der Waals surface area contributed by atoms with Crippen LogP contribution in [0.3, 0.4) is 0 Å². The van der Waals surface area contributed by atoms with Crippen molar-refractivity contribution in [2.75, 3.05) is 13.7 Å². The van der Waals surface area contributed by atoms with E-state index < -0.39 is 11.8 Å². The van der Waals surface area contributed by atoms with Gasteiger partial charge in [-0.2, -0.15) is 5.10 Å². The van der Waals surface area contributed by atoms with E-state index in [0.29, 0.717) is 52.5 Å². The number of hydrazine groups is 1. The SMILES string of the molecule is COc1cccc(C(=O)N/N=C2\CCCc3oc(C(=O)NNC(=O)COc4ccccc4)c(C)c32)c1. The molecule has 186 valence electrons. The minimum Gasteiger partial charge on any atom is -0.497 e. The second kappa shape index (κ2) is 11.2. The summed E-state index contributed by atoms with van der Waals surface area (Å²) in [7, 11) is 1.53. The Morgan fingerprint density at radius 1 is 0.972 bits per heavy atom. The third-order valence-corrected chi connectivity index (χ3v) is 5.58. The van der Waals surface area contributed by atoms with Gasteiger partial charge in [-0.05, 0) is 50.1 Å². The van der Waals surface area contributed by atoms with Crippen molar-refractivity contribution in [1.82, 2.24) is 16.3 Å². The molecule has 1 aliphatic rings. The number of rotatable bonds is 7. The highest BCUT2D eigenvalue weighted by Crippen LogP contribution is 2.29. The van der Waals surface area contributed by atoms with Crippen molar-refractivity contribution in [2.24, 2.45) is 5.10 Å². The Hall–Kier alpha value is -4.60. The second-order valence-corrected chi connectivity index (χ2v) is 8.04. The molecule has 1 aliphatic carbocycles. The summed E-state index contributed by atoms with van der Waals surface area (Å²) in [5.74, 6) is 0.274. The fourth-order valence-electron chi connectivity index (χ4n) is 3.83. The van der Waals surface area contributed by atoms with E-state index in [1.807, 2.05) is 6.07 Å². The lowest BCUT2D eigenvalue weighted by atomic mass is 9.93. The Morgan fingerprint density at radius 2 is 1.75 bits per heavy atom. The fraction of sp³-hybridized carbons (Fsp3) is 0.231. The smallest absolute Gasteiger partial charge is 0.305 e. The van der Waals surface area contributed by atoms with Crippen LogP contribution < -0.4 is 25.8 Å². The maximum atomic E-state index is 12.7. The Kier molecular flexibility index (Phi) is 7.64. The molecule has 3 N–H and O–H groups in total. The summed E-state index contributed by atoms with van der Waals surface area (Å²) in [4.78, 5) is 37.3. The lowest BCUT2D eigenvalue weighted by Crippen LogP contribution is -2.43. The molecule has 0 atom stereocenters. The summed E-state index contributed by atoms with van der Waals surface area (Å²) in [6.07, 6.45) is 1.99. The standard InChI is InChI=1S/C26H26N4O6/c1-16-23-20(27-29-25(32)17-8-6-11-19(14-17)34-2)12-7-13-21(23)36-24(16)26(33)30-28-22(31)15-35-18-9-4-3-5-10-18/h3-6,8-11,14H,7,12-13,15H2,1-2H3,(H,28,31)(H,29,32)(H,30,33)/b27-20+. The first kappa shape index (κ1) is 24.5. The lowest BCUT2D eigenvalue weighted by molar-refractivity contribution is -0.123. The van der Waals surface area contributed by atoms with Gasteiger partial charge in [0.1, 0.15) is 17.3 Å². The quantitative estimate of drug-likeness (QED) is 0.437. The summed E-state index contributed by atoms with van der Waals surface area (Å²) in [5, 5.41) is 4.32. The maximum absolute atomic E-state index is 12.7. The number of nitrogens with zero attached hydrogens (tertiary/aromatic N) is 1. The number of carbonyl (C=O) groups is 3. The van der Waals surface area contributed by atoms with E-state index in [1.165, 1.54) is 7.11 Å². The molecule has 10 nitrogen and oxygen atoms in total. The number of hydrogen-bond donors (Lipinski definition) is 3. The van der Waals surface area contributed by atoms with E-state index in [-0.39, 0.29) is 18.3 Å². The molecule has 36 heavy (non-hydrogen) atoms. The molecule has 10 heteroatoms. The molecule has 0 radical (unpaired) electrons. The number of para-hydroxylation sites is 1. The minimum atomic E-state index is -0.602. The summed E-state index contributed by atoms with van der Waals surface area (Å²) in [6, 6.07) is 15.6. The Balaban J connectivity index is 1.40. The first-order valence-corrected chi connectivity index (χ1v) is 11.4. The predicted molar refractivity (Wildman–Crippen MR) is 131 cm³/mol. The van der Waals surface area contributed by atoms with Gasteiger partial charge in [0.05, 0.1) is 12.8 Å². The third-order valence-electron chi connectivity index (χ3n) is 5.58. The second-order valence-electron chi connectivity index (χ2n) is 8.04. The lowest BCUT2D eigenvalue weighted by Gasteiger charge is -2.13. The predicted octanol–water partition coefficient (Wildman–Crippen LogP) is 2.91. The Labute approximate surface area is 207 Å². The number of hydrogen-bond acceptors (Lipinski definition) is 7. The topological polar surface area (TPSA) is 131 Å². The van der Waals surface area contributed by atoms with E-state index in [0.717, 1.165) is 6.42 Å². The summed E-state index contributed by atoms with van der Waals surface area (Å²) in [6.45, 7) is 1.48. The molecule has 3 aromatic rings. The molecule has 3 amide bonds. The van der Waals surface area contributed by atoms with Crippen molar-refractivity contribution in [3.8, 4) is 11.5 Å². The number of methoxy groups -OCH3 is 1. The van der Waals surface area contributed by atoms with Crippen molar-refractivity contribution < 1.29 is 28.3 Å². The normalized spacial score (nSPS) is 13.4. The van der Waals surface area contributed by atoms with Crippen molar-refractivity contribution in [3.63, 3.8) is 0 Å². The number of ether oxygens (including phenoxy) is 2. The monoisotopic (exact) mass is 490 g/mol. The molecule has 1 aromatic heterocycles. The van der Waals surface area contributed by atoms with E-state index in [4.69, 9.17) is 13.9 Å². The Morgan fingerprint density at radius 3 is 2.53 bits per heavy atom. The number of carbonyl (C=O) groups excluding carboxylic acids is 3. The highest BCUT2D eigenvalue weighted by atomic mass is 16.5. The van der Waals surface area contributed by atoms with Crippen LogP contribution in [0.1, 0.15) is 50.6 Å². The molecule has 4 rings (SSSR count). The van der Waals surface area contributed by atoms with Crippen LogP contribution in [0.25, 0.3) is 0 Å². The van der Waals surface area contributed by atoms with Crippen molar-refractivity contribution in [3.05, 3.63) is 82.8 Å². The molecule has 2 aromatic carbocycles. The molecular weight excluding hydrogens is 464 g/mol. The van der Waals surface area contributed by atoms with E-state index in [1.54, 1.807) is 55.5 Å². The van der Waals surface area contributed by atoms with Crippen LogP contribution in [-0.2, 0) is 11.2 Å². The summed E-state index contributed by atoms with van der Waals surface area (Å²) >= 11 is 0. The van der Waals surface area contributed by atoms with Crippen molar-refractivity contribution in [2.45, 2.75) is 26.2 Å². The molecule has 0 unspecified atom stereocenters. The van der Waals surface area contributed by atoms with Crippen LogP contribution in [0.15, 0.2) is 64.1 Å². The van der Waals surface area contributed by atoms with E-state index in [2.05, 4.69) is 21.4 Å². The summed E-state index contributed by atoms with van der Waals surface area (Å²) in [5.41, 5.74) is 9.53. The zero-order valence-electron chi connectivity index (χ0n) is 19.9. The average Bonchev–Trinajstić information content (AvgIpc) is 3.26. The number of amides is 3.